The first-order chi connectivity index (χ1) is 7.52. The molecule has 0 spiro atoms. The molecule has 2 unspecified atom stereocenters. The molecule has 0 aliphatic carbocycles. The van der Waals surface area contributed by atoms with Crippen LogP contribution in [0.25, 0.3) is 0 Å². The summed E-state index contributed by atoms with van der Waals surface area (Å²) in [6, 6.07) is 9.73. The molecule has 0 aliphatic rings. The molecule has 3 atom stereocenters. The fraction of sp³-hybridized carbons (Fsp3) is 0.462. The molecule has 0 fully saturated rings. The van der Waals surface area contributed by atoms with E-state index in [2.05, 4.69) is 24.4 Å². The molecule has 0 amide bonds. The molecule has 0 saturated heterocycles. The van der Waals surface area contributed by atoms with Crippen molar-refractivity contribution in [3.05, 3.63) is 35.9 Å². The number of halogens is 1. The summed E-state index contributed by atoms with van der Waals surface area (Å²) in [5, 5.41) is 11.9. The zero-order chi connectivity index (χ0) is 12.1. The number of carboxylic acids is 1. The van der Waals surface area contributed by atoms with E-state index in [1.54, 1.807) is 6.92 Å². The number of hydrogen-bond acceptors (Lipinski definition) is 2. The predicted octanol–water partition coefficient (Wildman–Crippen LogP) is 2.78. The van der Waals surface area contributed by atoms with Gasteiger partial charge in [0, 0.05) is 6.04 Å². The zero-order valence-electron chi connectivity index (χ0n) is 11.4. The maximum atomic E-state index is 10.7. The number of carboxylic acid groups (broad SMARTS) is 1. The standard InChI is InChI=1S/C13H19NO2.ClH/c1-9(12-7-5-4-6-8-12)10(2)14-11(3)13(15)16;/h4-11,14H,1-3H3,(H,15,16);1H/p+1/t9?,10?,11-;/m0./s1. The quantitative estimate of drug-likeness (QED) is 0.854. The lowest BCUT2D eigenvalue weighted by Crippen LogP contribution is -2.42. The molecule has 0 saturated carbocycles. The van der Waals surface area contributed by atoms with E-state index in [1.807, 2.05) is 25.1 Å². The molecule has 2 N–H and O–H groups in total. The van der Waals surface area contributed by atoms with Crippen LogP contribution in [0.3, 0.4) is 0 Å². The average molecular weight is 259 g/mol. The van der Waals surface area contributed by atoms with E-state index in [1.165, 1.54) is 5.56 Å². The lowest BCUT2D eigenvalue weighted by atomic mass is 9.94. The van der Waals surface area contributed by atoms with Gasteiger partial charge in [0.1, 0.15) is 6.04 Å². The molecule has 0 aromatic heterocycles. The van der Waals surface area contributed by atoms with Crippen molar-refractivity contribution in [2.24, 2.45) is 0 Å². The van der Waals surface area contributed by atoms with Gasteiger partial charge in [0.25, 0.3) is 0 Å². The molecule has 1 aromatic carbocycles. The Morgan fingerprint density at radius 2 is 1.76 bits per heavy atom. The number of rotatable bonds is 5. The highest BCUT2D eigenvalue weighted by Crippen LogP contribution is 2.18. The normalized spacial score (nSPS) is 15.5. The number of aliphatic carboxylic acids is 1. The Bertz CT molecular complexity index is 348. The van der Waals surface area contributed by atoms with Crippen LogP contribution in [0.2, 0.25) is 0 Å². The fourth-order valence-electron chi connectivity index (χ4n) is 1.66. The van der Waals surface area contributed by atoms with Gasteiger partial charge in [-0.1, -0.05) is 37.3 Å². The lowest BCUT2D eigenvalue weighted by Gasteiger charge is -2.23. The van der Waals surface area contributed by atoms with E-state index in [4.69, 9.17) is 5.11 Å². The molecular formula is C13H21ClNO2+. The van der Waals surface area contributed by atoms with Crippen LogP contribution >= 0.6 is 12.4 Å². The van der Waals surface area contributed by atoms with Crippen LogP contribution < -0.4 is 5.32 Å². The van der Waals surface area contributed by atoms with Crippen molar-refractivity contribution in [2.75, 3.05) is 0 Å². The van der Waals surface area contributed by atoms with Gasteiger partial charge in [0.15, 0.2) is 0 Å². The molecule has 4 heteroatoms. The minimum absolute atomic E-state index is 0. The van der Waals surface area contributed by atoms with Crippen molar-refractivity contribution in [2.45, 2.75) is 38.8 Å². The van der Waals surface area contributed by atoms with Crippen molar-refractivity contribution in [1.82, 2.24) is 5.32 Å². The zero-order valence-corrected chi connectivity index (χ0v) is 11.2. The third-order valence-electron chi connectivity index (χ3n) is 2.96. The molecule has 0 heterocycles. The van der Waals surface area contributed by atoms with Crippen molar-refractivity contribution >= 4 is 18.4 Å². The van der Waals surface area contributed by atoms with Crippen molar-refractivity contribution < 1.29 is 11.3 Å². The topological polar surface area (TPSA) is 49.3 Å². The third-order valence-corrected chi connectivity index (χ3v) is 2.96. The van der Waals surface area contributed by atoms with Gasteiger partial charge in [-0.05, 0) is 25.3 Å². The van der Waals surface area contributed by atoms with Crippen molar-refractivity contribution in [3.63, 3.8) is 0 Å². The highest BCUT2D eigenvalue weighted by molar-refractivity contribution is 5.85. The predicted molar refractivity (Wildman–Crippen MR) is 72.9 cm³/mol. The highest BCUT2D eigenvalue weighted by atomic mass is 35.5. The summed E-state index contributed by atoms with van der Waals surface area (Å²) in [6.45, 7) is 5.77. The molecule has 0 aliphatic heterocycles. The summed E-state index contributed by atoms with van der Waals surface area (Å²) in [7, 11) is 0. The first kappa shape index (κ1) is 15.9. The van der Waals surface area contributed by atoms with Crippen LogP contribution in [-0.2, 0) is 4.79 Å². The summed E-state index contributed by atoms with van der Waals surface area (Å²) in [5.41, 5.74) is 1.22. The molecule has 96 valence electrons. The Morgan fingerprint density at radius 1 is 1.24 bits per heavy atom. The van der Waals surface area contributed by atoms with Crippen LogP contribution in [0.1, 0.15) is 33.7 Å². The van der Waals surface area contributed by atoms with Crippen LogP contribution in [0.15, 0.2) is 30.3 Å². The minimum Gasteiger partial charge on any atom is -0.480 e. The van der Waals surface area contributed by atoms with Gasteiger partial charge in [-0.25, -0.2) is 0 Å². The Kier molecular flexibility index (Phi) is 6.85. The monoisotopic (exact) mass is 258 g/mol. The Morgan fingerprint density at radius 3 is 2.24 bits per heavy atom. The number of carbonyl (C=O) groups is 1. The van der Waals surface area contributed by atoms with Gasteiger partial charge in [-0.3, -0.25) is 4.79 Å². The van der Waals surface area contributed by atoms with E-state index < -0.39 is 12.0 Å². The van der Waals surface area contributed by atoms with E-state index in [9.17, 15) is 4.79 Å². The van der Waals surface area contributed by atoms with Gasteiger partial charge in [-0.2, -0.15) is 0 Å². The maximum absolute atomic E-state index is 10.7. The second-order valence-corrected chi connectivity index (χ2v) is 4.21. The van der Waals surface area contributed by atoms with Gasteiger partial charge in [0.2, 0.25) is 0 Å². The van der Waals surface area contributed by atoms with E-state index in [-0.39, 0.29) is 19.9 Å². The summed E-state index contributed by atoms with van der Waals surface area (Å²) in [4.78, 5) is 10.7. The number of nitrogens with one attached hydrogen (secondary N) is 1. The second-order valence-electron chi connectivity index (χ2n) is 4.21. The fourth-order valence-corrected chi connectivity index (χ4v) is 1.66. The van der Waals surface area contributed by atoms with E-state index in [0.29, 0.717) is 5.92 Å². The molecule has 0 bridgehead atoms. The summed E-state index contributed by atoms with van der Waals surface area (Å²) in [5.74, 6) is -0.518. The Labute approximate surface area is 110 Å². The molecule has 1 aromatic rings. The smallest absolute Gasteiger partial charge is 0.480 e. The SMILES string of the molecule is CC(N[C@@H](C)C(=O)O)C(C)c1ccccc1.Cl.[H+]. The van der Waals surface area contributed by atoms with Crippen molar-refractivity contribution in [3.8, 4) is 0 Å². The van der Waals surface area contributed by atoms with Gasteiger partial charge >= 0.3 is 7.40 Å². The van der Waals surface area contributed by atoms with E-state index >= 15 is 0 Å². The van der Waals surface area contributed by atoms with Crippen LogP contribution in [0.4, 0.5) is 0 Å². The second kappa shape index (κ2) is 7.30. The first-order valence-electron chi connectivity index (χ1n) is 5.56. The minimum atomic E-state index is -0.813. The molecule has 0 radical (unpaired) electrons. The van der Waals surface area contributed by atoms with Gasteiger partial charge in [-0.15, -0.1) is 12.4 Å². The van der Waals surface area contributed by atoms with Crippen LogP contribution in [-0.4, -0.2) is 23.2 Å². The maximum Gasteiger partial charge on any atom is 1.00 e. The summed E-state index contributed by atoms with van der Waals surface area (Å²) >= 11 is 0. The molecule has 1 rings (SSSR count). The molecule has 17 heavy (non-hydrogen) atoms. The summed E-state index contributed by atoms with van der Waals surface area (Å²) < 4.78 is 0. The summed E-state index contributed by atoms with van der Waals surface area (Å²) in [6.07, 6.45) is 0. The first-order valence-corrected chi connectivity index (χ1v) is 5.56. The molecule has 3 nitrogen and oxygen atoms in total. The molecular weight excluding hydrogens is 238 g/mol. The largest absolute Gasteiger partial charge is 1.00 e. The Hall–Kier alpha value is -1.06. The lowest BCUT2D eigenvalue weighted by molar-refractivity contribution is -0.139. The van der Waals surface area contributed by atoms with E-state index in [0.717, 1.165) is 0 Å². The third kappa shape index (κ3) is 4.75. The highest BCUT2D eigenvalue weighted by Gasteiger charge is 2.19. The van der Waals surface area contributed by atoms with Gasteiger partial charge < -0.3 is 10.4 Å². The number of benzene rings is 1. The van der Waals surface area contributed by atoms with Gasteiger partial charge in [0.05, 0.1) is 0 Å². The van der Waals surface area contributed by atoms with Crippen LogP contribution in [0, 0.1) is 0 Å². The Balaban J connectivity index is 0. The average Bonchev–Trinajstić information content (AvgIpc) is 2.28. The van der Waals surface area contributed by atoms with Crippen LogP contribution in [0.5, 0.6) is 0 Å². The van der Waals surface area contributed by atoms with Crippen molar-refractivity contribution in [1.29, 1.82) is 0 Å². The number of hydrogen-bond donors (Lipinski definition) is 2.